The van der Waals surface area contributed by atoms with Crippen LogP contribution in [0.4, 0.5) is 5.69 Å². The molecule has 0 saturated carbocycles. The number of nitrogens with one attached hydrogen (secondary N) is 1. The van der Waals surface area contributed by atoms with Gasteiger partial charge in [0.2, 0.25) is 5.91 Å². The number of anilines is 1. The van der Waals surface area contributed by atoms with Gasteiger partial charge in [-0.1, -0.05) is 12.1 Å². The van der Waals surface area contributed by atoms with Crippen LogP contribution in [-0.4, -0.2) is 42.6 Å². The maximum atomic E-state index is 12.6. The second-order valence-corrected chi connectivity index (χ2v) is 7.49. The van der Waals surface area contributed by atoms with Gasteiger partial charge in [-0.2, -0.15) is 16.9 Å². The monoisotopic (exact) mass is 387 g/mol. The zero-order valence-electron chi connectivity index (χ0n) is 15.3. The highest BCUT2D eigenvalue weighted by Gasteiger charge is 2.30. The number of aromatic nitrogens is 4. The van der Waals surface area contributed by atoms with E-state index in [9.17, 15) is 14.7 Å². The van der Waals surface area contributed by atoms with Crippen molar-refractivity contribution in [3.05, 3.63) is 42.5 Å². The van der Waals surface area contributed by atoms with Crippen molar-refractivity contribution in [2.45, 2.75) is 31.7 Å². The number of hydrogen-bond acceptors (Lipinski definition) is 5. The topological polar surface area (TPSA) is 102 Å². The van der Waals surface area contributed by atoms with E-state index in [1.54, 1.807) is 25.6 Å². The molecule has 27 heavy (non-hydrogen) atoms. The van der Waals surface area contributed by atoms with E-state index >= 15 is 0 Å². The van der Waals surface area contributed by atoms with Gasteiger partial charge in [-0.15, -0.1) is 0 Å². The third-order valence-corrected chi connectivity index (χ3v) is 4.82. The Balaban J connectivity index is 1.79. The first-order chi connectivity index (χ1) is 12.8. The molecule has 3 rings (SSSR count). The Morgan fingerprint density at radius 3 is 2.74 bits per heavy atom. The standard InChI is InChI=1S/C18H21N5O3S/c1-18(2,17(25)26)23-9-12(8-19-23)20-16(24)10-22-14-7-5-4-6-13(14)21-15(22)11-27-3/h4-9H,10-11H2,1-3H3,(H,20,24)(H,25,26). The van der Waals surface area contributed by atoms with Crippen LogP contribution in [-0.2, 0) is 27.4 Å². The molecule has 0 fully saturated rings. The third kappa shape index (κ3) is 3.82. The molecular weight excluding hydrogens is 366 g/mol. The van der Waals surface area contributed by atoms with Gasteiger partial charge >= 0.3 is 5.97 Å². The first kappa shape index (κ1) is 19.0. The number of benzene rings is 1. The van der Waals surface area contributed by atoms with Crippen LogP contribution in [0.1, 0.15) is 19.7 Å². The summed E-state index contributed by atoms with van der Waals surface area (Å²) in [4.78, 5) is 28.5. The second kappa shape index (κ2) is 7.43. The van der Waals surface area contributed by atoms with Crippen molar-refractivity contribution in [2.75, 3.05) is 11.6 Å². The van der Waals surface area contributed by atoms with E-state index in [1.807, 2.05) is 35.1 Å². The van der Waals surface area contributed by atoms with Gasteiger partial charge in [0.05, 0.1) is 28.7 Å². The van der Waals surface area contributed by atoms with E-state index < -0.39 is 11.5 Å². The average molecular weight is 387 g/mol. The number of aliphatic carboxylic acids is 1. The van der Waals surface area contributed by atoms with Crippen LogP contribution in [0.15, 0.2) is 36.7 Å². The normalized spacial score (nSPS) is 11.7. The first-order valence-electron chi connectivity index (χ1n) is 8.34. The molecule has 0 aliphatic heterocycles. The number of carboxylic acids is 1. The molecule has 1 aromatic carbocycles. The number of carbonyl (C=O) groups is 2. The van der Waals surface area contributed by atoms with Crippen molar-refractivity contribution in [2.24, 2.45) is 0 Å². The molecule has 3 aromatic rings. The van der Waals surface area contributed by atoms with Crippen molar-refractivity contribution in [1.29, 1.82) is 0 Å². The molecule has 0 aliphatic rings. The van der Waals surface area contributed by atoms with Crippen LogP contribution in [0.3, 0.4) is 0 Å². The van der Waals surface area contributed by atoms with Crippen molar-refractivity contribution >= 4 is 40.4 Å². The highest BCUT2D eigenvalue weighted by Crippen LogP contribution is 2.20. The molecule has 0 bridgehead atoms. The molecule has 0 unspecified atom stereocenters. The molecule has 2 N–H and O–H groups in total. The Bertz CT molecular complexity index is 992. The highest BCUT2D eigenvalue weighted by molar-refractivity contribution is 7.97. The van der Waals surface area contributed by atoms with Crippen LogP contribution in [0.25, 0.3) is 11.0 Å². The number of hydrogen-bond donors (Lipinski definition) is 2. The van der Waals surface area contributed by atoms with Gasteiger partial charge in [-0.25, -0.2) is 9.78 Å². The summed E-state index contributed by atoms with van der Waals surface area (Å²) in [5, 5.41) is 16.1. The molecule has 142 valence electrons. The zero-order valence-corrected chi connectivity index (χ0v) is 16.2. The molecule has 0 aliphatic carbocycles. The summed E-state index contributed by atoms with van der Waals surface area (Å²) in [5.74, 6) is 0.303. The number of para-hydroxylation sites is 2. The summed E-state index contributed by atoms with van der Waals surface area (Å²) in [7, 11) is 0. The number of carbonyl (C=O) groups excluding carboxylic acids is 1. The molecule has 0 spiro atoms. The maximum Gasteiger partial charge on any atom is 0.331 e. The van der Waals surface area contributed by atoms with Gasteiger partial charge < -0.3 is 15.0 Å². The predicted molar refractivity (Wildman–Crippen MR) is 105 cm³/mol. The van der Waals surface area contributed by atoms with Crippen LogP contribution < -0.4 is 5.32 Å². The predicted octanol–water partition coefficient (Wildman–Crippen LogP) is 2.55. The van der Waals surface area contributed by atoms with Gasteiger partial charge in [0.25, 0.3) is 0 Å². The molecule has 0 atom stereocenters. The van der Waals surface area contributed by atoms with Crippen LogP contribution in [0.5, 0.6) is 0 Å². The summed E-state index contributed by atoms with van der Waals surface area (Å²) in [6.07, 6.45) is 4.95. The first-order valence-corrected chi connectivity index (χ1v) is 9.74. The quantitative estimate of drug-likeness (QED) is 0.646. The van der Waals surface area contributed by atoms with Gasteiger partial charge in [-0.3, -0.25) is 9.48 Å². The maximum absolute atomic E-state index is 12.6. The van der Waals surface area contributed by atoms with Crippen molar-refractivity contribution in [3.8, 4) is 0 Å². The summed E-state index contributed by atoms with van der Waals surface area (Å²) < 4.78 is 3.21. The SMILES string of the molecule is CSCc1nc2ccccc2n1CC(=O)Nc1cnn(C(C)(C)C(=O)O)c1. The minimum atomic E-state index is -1.20. The third-order valence-electron chi connectivity index (χ3n) is 4.27. The minimum absolute atomic E-state index is 0.115. The molecule has 8 nitrogen and oxygen atoms in total. The highest BCUT2D eigenvalue weighted by atomic mass is 32.2. The Hall–Kier alpha value is -2.81. The number of carboxylic acid groups (broad SMARTS) is 1. The number of imidazole rings is 1. The number of rotatable bonds is 7. The lowest BCUT2D eigenvalue weighted by atomic mass is 10.1. The van der Waals surface area contributed by atoms with Crippen molar-refractivity contribution in [1.82, 2.24) is 19.3 Å². The Morgan fingerprint density at radius 2 is 2.04 bits per heavy atom. The molecule has 1 amide bonds. The van der Waals surface area contributed by atoms with E-state index in [-0.39, 0.29) is 12.5 Å². The zero-order chi connectivity index (χ0) is 19.6. The fourth-order valence-corrected chi connectivity index (χ4v) is 3.15. The Kier molecular flexibility index (Phi) is 5.22. The van der Waals surface area contributed by atoms with Gasteiger partial charge in [0.15, 0.2) is 5.54 Å². The number of nitrogens with zero attached hydrogens (tertiary/aromatic N) is 4. The summed E-state index contributed by atoms with van der Waals surface area (Å²) in [5.41, 5.74) is 1.00. The second-order valence-electron chi connectivity index (χ2n) is 6.62. The number of amides is 1. The summed E-state index contributed by atoms with van der Waals surface area (Å²) >= 11 is 1.64. The van der Waals surface area contributed by atoms with E-state index in [2.05, 4.69) is 15.4 Å². The average Bonchev–Trinajstić information content (AvgIpc) is 3.21. The van der Waals surface area contributed by atoms with E-state index in [1.165, 1.54) is 17.1 Å². The molecule has 2 heterocycles. The van der Waals surface area contributed by atoms with Crippen LogP contribution >= 0.6 is 11.8 Å². The lowest BCUT2D eigenvalue weighted by Crippen LogP contribution is -2.35. The van der Waals surface area contributed by atoms with Gasteiger partial charge in [0.1, 0.15) is 12.4 Å². The van der Waals surface area contributed by atoms with Crippen LogP contribution in [0, 0.1) is 0 Å². The molecule has 0 saturated heterocycles. The lowest BCUT2D eigenvalue weighted by molar-refractivity contribution is -0.146. The Labute approximate surface area is 160 Å². The molecule has 0 radical (unpaired) electrons. The van der Waals surface area contributed by atoms with E-state index in [0.717, 1.165) is 16.9 Å². The fourth-order valence-electron chi connectivity index (χ4n) is 2.68. The number of thioether (sulfide) groups is 1. The van der Waals surface area contributed by atoms with E-state index in [4.69, 9.17) is 0 Å². The smallest absolute Gasteiger partial charge is 0.331 e. The number of fused-ring (bicyclic) bond motifs is 1. The summed E-state index contributed by atoms with van der Waals surface area (Å²) in [6, 6.07) is 7.69. The van der Waals surface area contributed by atoms with Crippen molar-refractivity contribution < 1.29 is 14.7 Å². The minimum Gasteiger partial charge on any atom is -0.479 e. The molecular formula is C18H21N5O3S. The van der Waals surface area contributed by atoms with Crippen molar-refractivity contribution in [3.63, 3.8) is 0 Å². The van der Waals surface area contributed by atoms with Gasteiger partial charge in [0, 0.05) is 6.20 Å². The Morgan fingerprint density at radius 1 is 1.30 bits per heavy atom. The largest absolute Gasteiger partial charge is 0.479 e. The van der Waals surface area contributed by atoms with Gasteiger partial charge in [-0.05, 0) is 32.2 Å². The van der Waals surface area contributed by atoms with E-state index in [0.29, 0.717) is 11.4 Å². The molecule has 9 heteroatoms. The summed E-state index contributed by atoms with van der Waals surface area (Å²) in [6.45, 7) is 3.20. The fraction of sp³-hybridized carbons (Fsp3) is 0.333. The molecule has 2 aromatic heterocycles. The van der Waals surface area contributed by atoms with Crippen LogP contribution in [0.2, 0.25) is 0 Å². The lowest BCUT2D eigenvalue weighted by Gasteiger charge is -2.19.